The molecule has 0 unspecified atom stereocenters. The number of nitrogens with one attached hydrogen (secondary N) is 2. The molecule has 0 saturated carbocycles. The molecule has 56 heavy (non-hydrogen) atoms. The van der Waals surface area contributed by atoms with Crippen molar-refractivity contribution in [1.29, 1.82) is 0 Å². The van der Waals surface area contributed by atoms with Crippen LogP contribution in [0.15, 0.2) is 99.3 Å². The van der Waals surface area contributed by atoms with Gasteiger partial charge in [0.25, 0.3) is 0 Å². The van der Waals surface area contributed by atoms with Gasteiger partial charge in [0.1, 0.15) is 32.2 Å². The minimum atomic E-state index is -0.0808. The van der Waals surface area contributed by atoms with E-state index in [0.717, 1.165) is 0 Å². The van der Waals surface area contributed by atoms with E-state index < -0.39 is 0 Å². The van der Waals surface area contributed by atoms with E-state index in [-0.39, 0.29) is 38.3 Å². The zero-order chi connectivity index (χ0) is 39.1. The Balaban J connectivity index is 1.20. The van der Waals surface area contributed by atoms with Crippen LogP contribution in [0.4, 0.5) is 52.0 Å². The first-order chi connectivity index (χ1) is 27.4. The van der Waals surface area contributed by atoms with Gasteiger partial charge in [-0.1, -0.05) is 12.1 Å². The number of hydrogen-bond donors (Lipinski definition) is 6. The summed E-state index contributed by atoms with van der Waals surface area (Å²) >= 11 is 0. The Bertz CT molecular complexity index is 2070. The van der Waals surface area contributed by atoms with Crippen LogP contribution >= 0.6 is 0 Å². The molecule has 1 aliphatic heterocycles. The maximum Gasteiger partial charge on any atom is 0.233 e. The van der Waals surface area contributed by atoms with Gasteiger partial charge in [-0.3, -0.25) is 21.0 Å². The van der Waals surface area contributed by atoms with E-state index in [1.807, 2.05) is 4.90 Å². The molecule has 6 rings (SSSR count). The Labute approximate surface area is 319 Å². The fourth-order valence-electron chi connectivity index (χ4n) is 5.55. The molecule has 5 aromatic rings. The van der Waals surface area contributed by atoms with Gasteiger partial charge in [0.2, 0.25) is 17.8 Å². The maximum absolute atomic E-state index is 8.88. The van der Waals surface area contributed by atoms with Crippen LogP contribution in [-0.4, -0.2) is 69.4 Å². The SMILES string of the molecule is COc1cc(N=Nc2cc(COO)cc(COO)c2)ccc1Nc1nc(Nc2ccc(N=Nc3cc(COO)cc(COO)c3)cc2)nc(N2CCOCC2)n1. The topological polar surface area (TPSA) is 252 Å². The van der Waals surface area contributed by atoms with Crippen LogP contribution in [0.3, 0.4) is 0 Å². The number of methoxy groups -OCH3 is 1. The molecule has 0 bridgehead atoms. The van der Waals surface area contributed by atoms with Crippen molar-refractivity contribution in [3.05, 3.63) is 101 Å². The Morgan fingerprint density at radius 3 is 1.59 bits per heavy atom. The molecule has 1 aromatic heterocycles. The molecule has 0 atom stereocenters. The summed E-state index contributed by atoms with van der Waals surface area (Å²) < 4.78 is 11.2. The molecule has 0 radical (unpaired) electrons. The van der Waals surface area contributed by atoms with Gasteiger partial charge < -0.3 is 25.0 Å². The van der Waals surface area contributed by atoms with Gasteiger partial charge in [-0.05, 0) is 82.9 Å². The van der Waals surface area contributed by atoms with E-state index in [1.54, 1.807) is 78.9 Å². The predicted molar refractivity (Wildman–Crippen MR) is 200 cm³/mol. The molecule has 6 N–H and O–H groups in total. The molecule has 20 heteroatoms. The van der Waals surface area contributed by atoms with E-state index in [1.165, 1.54) is 7.11 Å². The van der Waals surface area contributed by atoms with Crippen LogP contribution in [0.5, 0.6) is 5.75 Å². The molecule has 0 spiro atoms. The molecule has 0 aliphatic carbocycles. The highest BCUT2D eigenvalue weighted by atomic mass is 17.1. The zero-order valence-corrected chi connectivity index (χ0v) is 30.0. The predicted octanol–water partition coefficient (Wildman–Crippen LogP) is 7.99. The zero-order valence-electron chi connectivity index (χ0n) is 30.0. The third-order valence-corrected chi connectivity index (χ3v) is 8.03. The van der Waals surface area contributed by atoms with Gasteiger partial charge in [0, 0.05) is 24.8 Å². The summed E-state index contributed by atoms with van der Waals surface area (Å²) in [5.74, 6) is 1.42. The summed E-state index contributed by atoms with van der Waals surface area (Å²) in [5, 5.41) is 59.2. The van der Waals surface area contributed by atoms with Gasteiger partial charge >= 0.3 is 0 Å². The average Bonchev–Trinajstić information content (AvgIpc) is 3.21. The van der Waals surface area contributed by atoms with Gasteiger partial charge in [0.05, 0.1) is 48.8 Å². The van der Waals surface area contributed by atoms with E-state index in [4.69, 9.17) is 30.5 Å². The largest absolute Gasteiger partial charge is 0.494 e. The number of aromatic nitrogens is 3. The van der Waals surface area contributed by atoms with Gasteiger partial charge in [-0.25, -0.2) is 19.6 Å². The lowest BCUT2D eigenvalue weighted by Gasteiger charge is -2.27. The lowest BCUT2D eigenvalue weighted by Crippen LogP contribution is -2.37. The monoisotopic (exact) mass is 770 g/mol. The van der Waals surface area contributed by atoms with E-state index in [9.17, 15) is 0 Å². The highest BCUT2D eigenvalue weighted by molar-refractivity contribution is 5.68. The smallest absolute Gasteiger partial charge is 0.233 e. The van der Waals surface area contributed by atoms with Crippen molar-refractivity contribution >= 4 is 52.0 Å². The Morgan fingerprint density at radius 2 is 1.07 bits per heavy atom. The minimum Gasteiger partial charge on any atom is -0.494 e. The van der Waals surface area contributed by atoms with Crippen molar-refractivity contribution in [2.45, 2.75) is 26.4 Å². The second kappa shape index (κ2) is 20.0. The molecule has 2 heterocycles. The van der Waals surface area contributed by atoms with Crippen LogP contribution in [0.25, 0.3) is 0 Å². The number of benzene rings is 4. The Hall–Kier alpha value is -6.07. The van der Waals surface area contributed by atoms with Crippen LogP contribution in [0.2, 0.25) is 0 Å². The fraction of sp³-hybridized carbons (Fsp3) is 0.250. The quantitative estimate of drug-likeness (QED) is 0.0280. The molecular formula is C36H38N10O10. The fourth-order valence-corrected chi connectivity index (χ4v) is 5.55. The Kier molecular flexibility index (Phi) is 14.2. The van der Waals surface area contributed by atoms with Gasteiger partial charge in [-0.15, -0.1) is 0 Å². The number of rotatable bonds is 18. The lowest BCUT2D eigenvalue weighted by molar-refractivity contribution is -0.254. The molecular weight excluding hydrogens is 732 g/mol. The summed E-state index contributed by atoms with van der Waals surface area (Å²) in [6.45, 7) is 1.96. The van der Waals surface area contributed by atoms with Crippen molar-refractivity contribution in [2.75, 3.05) is 48.9 Å². The second-order valence-electron chi connectivity index (χ2n) is 12.1. The number of nitrogens with zero attached hydrogens (tertiary/aromatic N) is 8. The number of morpholine rings is 1. The summed E-state index contributed by atoms with van der Waals surface area (Å²) in [6, 6.07) is 22.4. The third-order valence-electron chi connectivity index (χ3n) is 8.03. The van der Waals surface area contributed by atoms with Crippen LogP contribution in [0.1, 0.15) is 22.3 Å². The van der Waals surface area contributed by atoms with Crippen LogP contribution < -0.4 is 20.3 Å². The van der Waals surface area contributed by atoms with E-state index >= 15 is 0 Å². The van der Waals surface area contributed by atoms with Crippen molar-refractivity contribution in [1.82, 2.24) is 15.0 Å². The summed E-state index contributed by atoms with van der Waals surface area (Å²) in [6.07, 6.45) is 0. The van der Waals surface area contributed by atoms with Crippen molar-refractivity contribution in [3.63, 3.8) is 0 Å². The highest BCUT2D eigenvalue weighted by Crippen LogP contribution is 2.33. The first-order valence-electron chi connectivity index (χ1n) is 17.0. The molecule has 292 valence electrons. The van der Waals surface area contributed by atoms with E-state index in [2.05, 4.69) is 65.6 Å². The number of azo groups is 2. The van der Waals surface area contributed by atoms with Crippen molar-refractivity contribution in [3.8, 4) is 5.75 Å². The van der Waals surface area contributed by atoms with Crippen LogP contribution in [-0.2, 0) is 50.7 Å². The molecule has 1 fully saturated rings. The molecule has 1 saturated heterocycles. The molecule has 1 aliphatic rings. The maximum atomic E-state index is 8.88. The van der Waals surface area contributed by atoms with Crippen molar-refractivity contribution in [2.24, 2.45) is 20.5 Å². The first-order valence-corrected chi connectivity index (χ1v) is 17.0. The van der Waals surface area contributed by atoms with Gasteiger partial charge in [0.15, 0.2) is 0 Å². The van der Waals surface area contributed by atoms with Gasteiger partial charge in [-0.2, -0.15) is 35.4 Å². The van der Waals surface area contributed by atoms with E-state index in [0.29, 0.717) is 94.4 Å². The lowest BCUT2D eigenvalue weighted by atomic mass is 10.1. The summed E-state index contributed by atoms with van der Waals surface area (Å²) in [4.78, 5) is 33.0. The molecule has 20 nitrogen and oxygen atoms in total. The highest BCUT2D eigenvalue weighted by Gasteiger charge is 2.18. The van der Waals surface area contributed by atoms with Crippen LogP contribution in [0, 0.1) is 0 Å². The standard InChI is InChI=1S/C36H38N10O10/c1-51-33-18-29(43-45-31-16-25(21-55-49)13-26(17-31)22-56-50)6-7-32(33)38-35-39-34(40-36(41-35)46-8-10-52-11-9-46)37-27-2-4-28(5-3-27)42-44-30-14-23(19-53-47)12-24(15-30)20-54-48/h2-7,12-18,47-50H,8-11,19-22H2,1H3,(H2,37,38,39,40,41). The third kappa shape index (κ3) is 11.2. The average molecular weight is 771 g/mol. The number of ether oxygens (including phenoxy) is 2. The molecule has 0 amide bonds. The number of hydrogen-bond acceptors (Lipinski definition) is 20. The number of anilines is 5. The summed E-state index contributed by atoms with van der Waals surface area (Å²) in [5.41, 5.74) is 5.66. The normalized spacial score (nSPS) is 13.1. The molecule has 4 aromatic carbocycles. The minimum absolute atomic E-state index is 0.0672. The Morgan fingerprint density at radius 1 is 0.589 bits per heavy atom. The van der Waals surface area contributed by atoms with Crippen molar-refractivity contribution < 1.29 is 50.1 Å². The second-order valence-corrected chi connectivity index (χ2v) is 12.1. The first kappa shape index (κ1) is 39.6. The summed E-state index contributed by atoms with van der Waals surface area (Å²) in [7, 11) is 1.52.